The van der Waals surface area contributed by atoms with Gasteiger partial charge >= 0.3 is 12.4 Å². The quantitative estimate of drug-likeness (QED) is 0.328. The van der Waals surface area contributed by atoms with E-state index in [0.717, 1.165) is 24.4 Å². The van der Waals surface area contributed by atoms with Crippen molar-refractivity contribution in [3.63, 3.8) is 0 Å². The van der Waals surface area contributed by atoms with E-state index in [-0.39, 0.29) is 41.8 Å². The molecule has 0 aliphatic rings. The number of methoxy groups -OCH3 is 1. The number of alkyl halides is 6. The molecule has 0 saturated heterocycles. The minimum Gasteiger partial charge on any atom is -0.383 e. The van der Waals surface area contributed by atoms with Crippen LogP contribution in [0.15, 0.2) is 36.5 Å². The molecule has 1 atom stereocenters. The Bertz CT molecular complexity index is 1110. The Morgan fingerprint density at radius 2 is 1.46 bits per heavy atom. The van der Waals surface area contributed by atoms with Gasteiger partial charge in [-0.3, -0.25) is 4.98 Å². The minimum absolute atomic E-state index is 0.0395. The molecule has 3 heterocycles. The maximum absolute atomic E-state index is 13.1. The van der Waals surface area contributed by atoms with Crippen LogP contribution in [-0.2, 0) is 17.1 Å². The van der Waals surface area contributed by atoms with Crippen molar-refractivity contribution in [2.45, 2.75) is 53.0 Å². The number of hydrogen-bond acceptors (Lipinski definition) is 8. The fourth-order valence-electron chi connectivity index (χ4n) is 2.63. The SMILES string of the molecule is CC.CC.COCC(C)Nc1nc(Nc2ccnc(C(F)(F)F)c2)nc(-c2cccc(C(F)(F)F)n2)n1. The lowest BCUT2D eigenvalue weighted by atomic mass is 10.3. The molecule has 37 heavy (non-hydrogen) atoms. The zero-order valence-corrected chi connectivity index (χ0v) is 21.2. The number of aromatic nitrogens is 5. The number of anilines is 3. The number of hydrogen-bond donors (Lipinski definition) is 2. The Kier molecular flexibility index (Phi) is 12.1. The third kappa shape index (κ3) is 9.79. The van der Waals surface area contributed by atoms with E-state index >= 15 is 0 Å². The fourth-order valence-corrected chi connectivity index (χ4v) is 2.63. The summed E-state index contributed by atoms with van der Waals surface area (Å²) in [6.45, 7) is 9.99. The van der Waals surface area contributed by atoms with Gasteiger partial charge < -0.3 is 15.4 Å². The average Bonchev–Trinajstić information content (AvgIpc) is 2.86. The highest BCUT2D eigenvalue weighted by molar-refractivity contribution is 5.59. The summed E-state index contributed by atoms with van der Waals surface area (Å²) in [6, 6.07) is 4.89. The molecule has 3 aromatic heterocycles. The molecular weight excluding hydrogens is 504 g/mol. The summed E-state index contributed by atoms with van der Waals surface area (Å²) in [5.41, 5.74) is -2.54. The highest BCUT2D eigenvalue weighted by atomic mass is 19.4. The van der Waals surface area contributed by atoms with Gasteiger partial charge in [0, 0.05) is 25.0 Å². The lowest BCUT2D eigenvalue weighted by Crippen LogP contribution is -2.23. The molecule has 0 aliphatic heterocycles. The first-order valence-corrected chi connectivity index (χ1v) is 11.3. The van der Waals surface area contributed by atoms with Crippen LogP contribution in [0, 0.1) is 0 Å². The summed E-state index contributed by atoms with van der Waals surface area (Å²) < 4.78 is 83.1. The summed E-state index contributed by atoms with van der Waals surface area (Å²) in [5, 5.41) is 5.48. The van der Waals surface area contributed by atoms with E-state index in [1.54, 1.807) is 6.92 Å². The Hall–Kier alpha value is -3.55. The summed E-state index contributed by atoms with van der Waals surface area (Å²) in [6.07, 6.45) is -8.42. The highest BCUT2D eigenvalue weighted by Crippen LogP contribution is 2.31. The van der Waals surface area contributed by atoms with Crippen LogP contribution in [0.5, 0.6) is 0 Å². The van der Waals surface area contributed by atoms with Crippen molar-refractivity contribution in [2.75, 3.05) is 24.4 Å². The molecular formula is C23H29F6N7O. The van der Waals surface area contributed by atoms with Crippen LogP contribution in [0.4, 0.5) is 43.9 Å². The van der Waals surface area contributed by atoms with E-state index in [1.807, 2.05) is 27.7 Å². The number of ether oxygens (including phenoxy) is 1. The first-order chi connectivity index (χ1) is 17.5. The van der Waals surface area contributed by atoms with Crippen LogP contribution in [0.25, 0.3) is 11.5 Å². The highest BCUT2D eigenvalue weighted by Gasteiger charge is 2.33. The van der Waals surface area contributed by atoms with Gasteiger partial charge in [0.1, 0.15) is 17.1 Å². The number of nitrogens with one attached hydrogen (secondary N) is 2. The summed E-state index contributed by atoms with van der Waals surface area (Å²) in [5.74, 6) is -0.488. The standard InChI is InChI=1S/C19H17F6N7O.2C2H6/c1-10(9-33-2)27-16-30-15(12-4-3-5-13(29-12)18(20,21)22)31-17(32-16)28-11-6-7-26-14(8-11)19(23,24)25;2*1-2/h3-8,10H,9H2,1-2H3,(H2,26,27,28,30,31,32);2*1-2H3. The largest absolute Gasteiger partial charge is 0.433 e. The van der Waals surface area contributed by atoms with Crippen molar-refractivity contribution < 1.29 is 31.1 Å². The summed E-state index contributed by atoms with van der Waals surface area (Å²) in [7, 11) is 1.47. The van der Waals surface area contributed by atoms with Crippen LogP contribution in [0.3, 0.4) is 0 Å². The monoisotopic (exact) mass is 533 g/mol. The van der Waals surface area contributed by atoms with Gasteiger partial charge in [0.15, 0.2) is 5.82 Å². The lowest BCUT2D eigenvalue weighted by molar-refractivity contribution is -0.141. The van der Waals surface area contributed by atoms with Gasteiger partial charge in [0.2, 0.25) is 11.9 Å². The maximum Gasteiger partial charge on any atom is 0.433 e. The van der Waals surface area contributed by atoms with E-state index < -0.39 is 23.7 Å². The third-order valence-corrected chi connectivity index (χ3v) is 4.00. The smallest absolute Gasteiger partial charge is 0.383 e. The van der Waals surface area contributed by atoms with E-state index in [9.17, 15) is 26.3 Å². The fraction of sp³-hybridized carbons (Fsp3) is 0.435. The lowest BCUT2D eigenvalue weighted by Gasteiger charge is -2.15. The number of nitrogens with zero attached hydrogens (tertiary/aromatic N) is 5. The van der Waals surface area contributed by atoms with Crippen molar-refractivity contribution >= 4 is 17.6 Å². The molecule has 0 amide bonds. The molecule has 204 valence electrons. The first-order valence-electron chi connectivity index (χ1n) is 11.3. The number of rotatable bonds is 7. The van der Waals surface area contributed by atoms with Crippen molar-refractivity contribution in [1.29, 1.82) is 0 Å². The molecule has 8 nitrogen and oxygen atoms in total. The van der Waals surface area contributed by atoms with Crippen LogP contribution in [-0.4, -0.2) is 44.7 Å². The zero-order chi connectivity index (χ0) is 28.2. The first kappa shape index (κ1) is 31.5. The van der Waals surface area contributed by atoms with Crippen LogP contribution >= 0.6 is 0 Å². The topological polar surface area (TPSA) is 97.7 Å². The van der Waals surface area contributed by atoms with Crippen molar-refractivity contribution in [3.05, 3.63) is 47.9 Å². The predicted molar refractivity (Wildman–Crippen MR) is 128 cm³/mol. The van der Waals surface area contributed by atoms with Gasteiger partial charge in [-0.25, -0.2) is 4.98 Å². The van der Waals surface area contributed by atoms with Gasteiger partial charge in [-0.05, 0) is 31.2 Å². The zero-order valence-electron chi connectivity index (χ0n) is 21.2. The normalized spacial score (nSPS) is 11.9. The third-order valence-electron chi connectivity index (χ3n) is 4.00. The molecule has 0 aromatic carbocycles. The second-order valence-electron chi connectivity index (χ2n) is 6.77. The average molecular weight is 534 g/mol. The van der Waals surface area contributed by atoms with Gasteiger partial charge in [0.05, 0.1) is 6.61 Å². The van der Waals surface area contributed by atoms with E-state index in [1.165, 1.54) is 19.2 Å². The van der Waals surface area contributed by atoms with Gasteiger partial charge in [-0.2, -0.15) is 41.3 Å². The molecule has 0 spiro atoms. The molecule has 0 saturated carbocycles. The molecule has 3 aromatic rings. The summed E-state index contributed by atoms with van der Waals surface area (Å²) in [4.78, 5) is 19.0. The van der Waals surface area contributed by atoms with Crippen LogP contribution < -0.4 is 10.6 Å². The molecule has 0 fully saturated rings. The molecule has 2 N–H and O–H groups in total. The summed E-state index contributed by atoms with van der Waals surface area (Å²) >= 11 is 0. The Balaban J connectivity index is 0.00000163. The number of halogens is 6. The second-order valence-corrected chi connectivity index (χ2v) is 6.77. The van der Waals surface area contributed by atoms with Crippen LogP contribution in [0.1, 0.15) is 46.0 Å². The second kappa shape index (κ2) is 14.3. The van der Waals surface area contributed by atoms with Crippen molar-refractivity contribution in [2.24, 2.45) is 0 Å². The number of pyridine rings is 2. The molecule has 3 rings (SSSR count). The van der Waals surface area contributed by atoms with Gasteiger partial charge in [0.25, 0.3) is 0 Å². The Labute approximate surface area is 211 Å². The van der Waals surface area contributed by atoms with Gasteiger partial charge in [-0.15, -0.1) is 0 Å². The Morgan fingerprint density at radius 1 is 0.838 bits per heavy atom. The van der Waals surface area contributed by atoms with E-state index in [4.69, 9.17) is 4.74 Å². The molecule has 0 bridgehead atoms. The van der Waals surface area contributed by atoms with Gasteiger partial charge in [-0.1, -0.05) is 33.8 Å². The Morgan fingerprint density at radius 3 is 2.05 bits per heavy atom. The van der Waals surface area contributed by atoms with Crippen molar-refractivity contribution in [3.8, 4) is 11.5 Å². The maximum atomic E-state index is 13.1. The molecule has 0 aliphatic carbocycles. The predicted octanol–water partition coefficient (Wildman–Crippen LogP) is 6.61. The minimum atomic E-state index is -4.69. The van der Waals surface area contributed by atoms with E-state index in [0.29, 0.717) is 0 Å². The molecule has 0 radical (unpaired) electrons. The van der Waals surface area contributed by atoms with Crippen molar-refractivity contribution in [1.82, 2.24) is 24.9 Å². The molecule has 1 unspecified atom stereocenters. The molecule has 14 heteroatoms. The van der Waals surface area contributed by atoms with Crippen LogP contribution in [0.2, 0.25) is 0 Å². The van der Waals surface area contributed by atoms with E-state index in [2.05, 4.69) is 35.6 Å².